The van der Waals surface area contributed by atoms with Crippen LogP contribution in [0.25, 0.3) is 0 Å². The Morgan fingerprint density at radius 1 is 1.18 bits per heavy atom. The topological polar surface area (TPSA) is 55.1 Å². The van der Waals surface area contributed by atoms with Gasteiger partial charge in [0.25, 0.3) is 0 Å². The third-order valence-corrected chi connectivity index (χ3v) is 4.73. The second-order valence-electron chi connectivity index (χ2n) is 6.50. The molecule has 2 saturated carbocycles. The quantitative estimate of drug-likeness (QED) is 0.775. The predicted molar refractivity (Wildman–Crippen MR) is 69.5 cm³/mol. The zero-order valence-corrected chi connectivity index (χ0v) is 11.2. The molecule has 2 aliphatic carbocycles. The number of hydrogen-bond donors (Lipinski definition) is 2. The van der Waals surface area contributed by atoms with Gasteiger partial charge < -0.3 is 11.1 Å². The van der Waals surface area contributed by atoms with Gasteiger partial charge in [0.2, 0.25) is 5.91 Å². The molecule has 0 aromatic heterocycles. The van der Waals surface area contributed by atoms with Crippen molar-refractivity contribution in [1.29, 1.82) is 0 Å². The van der Waals surface area contributed by atoms with Gasteiger partial charge in [0.05, 0.1) is 5.92 Å². The molecule has 0 aromatic carbocycles. The predicted octanol–water partition coefficient (Wildman–Crippen LogP) is 2.20. The number of nitrogens with one attached hydrogen (secondary N) is 1. The van der Waals surface area contributed by atoms with Crippen molar-refractivity contribution in [1.82, 2.24) is 5.32 Å². The average Bonchev–Trinajstić information content (AvgIpc) is 2.59. The van der Waals surface area contributed by atoms with Gasteiger partial charge in [-0.05, 0) is 31.1 Å². The molecular formula is C14H26N2O. The molecule has 0 aromatic rings. The van der Waals surface area contributed by atoms with E-state index in [9.17, 15) is 4.79 Å². The zero-order chi connectivity index (χ0) is 12.5. The Kier molecular flexibility index (Phi) is 3.76. The van der Waals surface area contributed by atoms with Crippen molar-refractivity contribution in [3.8, 4) is 0 Å². The lowest BCUT2D eigenvalue weighted by Gasteiger charge is -2.32. The summed E-state index contributed by atoms with van der Waals surface area (Å²) in [5, 5.41) is 3.25. The highest BCUT2D eigenvalue weighted by Crippen LogP contribution is 2.37. The summed E-state index contributed by atoms with van der Waals surface area (Å²) in [6.07, 6.45) is 7.88. The van der Waals surface area contributed by atoms with Crippen LogP contribution in [0.5, 0.6) is 0 Å². The Morgan fingerprint density at radius 3 is 2.47 bits per heavy atom. The molecule has 3 unspecified atom stereocenters. The molecule has 2 rings (SSSR count). The second kappa shape index (κ2) is 4.97. The number of nitrogens with two attached hydrogens (primary N) is 1. The van der Waals surface area contributed by atoms with E-state index in [1.807, 2.05) is 0 Å². The van der Waals surface area contributed by atoms with Crippen molar-refractivity contribution < 1.29 is 4.79 Å². The van der Waals surface area contributed by atoms with E-state index in [1.54, 1.807) is 0 Å². The summed E-state index contributed by atoms with van der Waals surface area (Å²) >= 11 is 0. The zero-order valence-electron chi connectivity index (χ0n) is 11.2. The highest BCUT2D eigenvalue weighted by molar-refractivity contribution is 5.79. The summed E-state index contributed by atoms with van der Waals surface area (Å²) in [6.45, 7) is 4.51. The van der Waals surface area contributed by atoms with Gasteiger partial charge in [0.1, 0.15) is 0 Å². The summed E-state index contributed by atoms with van der Waals surface area (Å²) in [4.78, 5) is 12.3. The van der Waals surface area contributed by atoms with E-state index >= 15 is 0 Å². The Bertz CT molecular complexity index is 288. The van der Waals surface area contributed by atoms with Crippen LogP contribution < -0.4 is 11.1 Å². The molecule has 0 bridgehead atoms. The Morgan fingerprint density at radius 2 is 1.88 bits per heavy atom. The van der Waals surface area contributed by atoms with Crippen molar-refractivity contribution in [2.75, 3.05) is 0 Å². The molecule has 0 saturated heterocycles. The van der Waals surface area contributed by atoms with Gasteiger partial charge in [0, 0.05) is 12.1 Å². The normalized spacial score (nSPS) is 36.8. The molecule has 17 heavy (non-hydrogen) atoms. The molecule has 0 spiro atoms. The number of hydrogen-bond acceptors (Lipinski definition) is 2. The van der Waals surface area contributed by atoms with Crippen LogP contribution >= 0.6 is 0 Å². The molecule has 3 nitrogen and oxygen atoms in total. The van der Waals surface area contributed by atoms with Gasteiger partial charge in [-0.3, -0.25) is 4.79 Å². The fourth-order valence-corrected chi connectivity index (χ4v) is 3.36. The lowest BCUT2D eigenvalue weighted by atomic mass is 9.83. The fraction of sp³-hybridized carbons (Fsp3) is 0.929. The molecule has 1 amide bonds. The van der Waals surface area contributed by atoms with Crippen LogP contribution in [-0.2, 0) is 4.79 Å². The van der Waals surface area contributed by atoms with Crippen LogP contribution in [0.4, 0.5) is 0 Å². The summed E-state index contributed by atoms with van der Waals surface area (Å²) in [5.41, 5.74) is 6.32. The van der Waals surface area contributed by atoms with Gasteiger partial charge in [0.15, 0.2) is 0 Å². The number of amides is 1. The number of carbonyl (C=O) groups excluding carboxylic acids is 1. The first-order valence-electron chi connectivity index (χ1n) is 7.07. The Labute approximate surface area is 105 Å². The Hall–Kier alpha value is -0.570. The van der Waals surface area contributed by atoms with E-state index < -0.39 is 0 Å². The van der Waals surface area contributed by atoms with Gasteiger partial charge >= 0.3 is 0 Å². The largest absolute Gasteiger partial charge is 0.353 e. The summed E-state index contributed by atoms with van der Waals surface area (Å²) in [6, 6.07) is 0.428. The first kappa shape index (κ1) is 12.9. The monoisotopic (exact) mass is 238 g/mol. The molecule has 2 fully saturated rings. The molecule has 3 atom stereocenters. The first-order valence-corrected chi connectivity index (χ1v) is 7.07. The van der Waals surface area contributed by atoms with E-state index in [0.717, 1.165) is 25.7 Å². The van der Waals surface area contributed by atoms with E-state index in [4.69, 9.17) is 5.73 Å². The molecule has 98 valence electrons. The third kappa shape index (κ3) is 2.82. The summed E-state index contributed by atoms with van der Waals surface area (Å²) in [7, 11) is 0. The first-order chi connectivity index (χ1) is 8.00. The van der Waals surface area contributed by atoms with Crippen molar-refractivity contribution in [3.05, 3.63) is 0 Å². The van der Waals surface area contributed by atoms with Gasteiger partial charge in [-0.15, -0.1) is 0 Å². The van der Waals surface area contributed by atoms with Gasteiger partial charge in [-0.1, -0.05) is 33.1 Å². The SMILES string of the molecule is CC1(C)CCCC1NC(=O)C1CCCCC1N. The van der Waals surface area contributed by atoms with E-state index in [1.165, 1.54) is 19.3 Å². The molecule has 2 aliphatic rings. The lowest BCUT2D eigenvalue weighted by molar-refractivity contribution is -0.127. The minimum Gasteiger partial charge on any atom is -0.353 e. The third-order valence-electron chi connectivity index (χ3n) is 4.73. The van der Waals surface area contributed by atoms with Gasteiger partial charge in [-0.25, -0.2) is 0 Å². The number of carbonyl (C=O) groups is 1. The maximum Gasteiger partial charge on any atom is 0.224 e. The second-order valence-corrected chi connectivity index (χ2v) is 6.50. The summed E-state index contributed by atoms with van der Waals surface area (Å²) < 4.78 is 0. The molecule has 3 heteroatoms. The van der Waals surface area contributed by atoms with E-state index in [2.05, 4.69) is 19.2 Å². The van der Waals surface area contributed by atoms with Crippen molar-refractivity contribution >= 4 is 5.91 Å². The smallest absolute Gasteiger partial charge is 0.224 e. The maximum absolute atomic E-state index is 12.3. The molecule has 3 N–H and O–H groups in total. The standard InChI is InChI=1S/C14H26N2O/c1-14(2)9-5-8-12(14)16-13(17)10-6-3-4-7-11(10)15/h10-12H,3-9,15H2,1-2H3,(H,16,17). The number of rotatable bonds is 2. The molecule has 0 radical (unpaired) electrons. The molecule has 0 heterocycles. The van der Waals surface area contributed by atoms with Crippen LogP contribution in [0.3, 0.4) is 0 Å². The highest BCUT2D eigenvalue weighted by Gasteiger charge is 2.37. The van der Waals surface area contributed by atoms with Crippen LogP contribution in [-0.4, -0.2) is 18.0 Å². The lowest BCUT2D eigenvalue weighted by Crippen LogP contribution is -2.49. The van der Waals surface area contributed by atoms with Crippen LogP contribution in [0.15, 0.2) is 0 Å². The average molecular weight is 238 g/mol. The van der Waals surface area contributed by atoms with Crippen LogP contribution in [0, 0.1) is 11.3 Å². The van der Waals surface area contributed by atoms with Crippen molar-refractivity contribution in [2.45, 2.75) is 70.9 Å². The summed E-state index contributed by atoms with van der Waals surface area (Å²) in [5.74, 6) is 0.261. The fourth-order valence-electron chi connectivity index (χ4n) is 3.36. The van der Waals surface area contributed by atoms with E-state index in [0.29, 0.717) is 6.04 Å². The maximum atomic E-state index is 12.3. The van der Waals surface area contributed by atoms with Crippen LogP contribution in [0.2, 0.25) is 0 Å². The highest BCUT2D eigenvalue weighted by atomic mass is 16.2. The minimum atomic E-state index is 0.0557. The molecular weight excluding hydrogens is 212 g/mol. The van der Waals surface area contributed by atoms with Gasteiger partial charge in [-0.2, -0.15) is 0 Å². The minimum absolute atomic E-state index is 0.0557. The van der Waals surface area contributed by atoms with Crippen LogP contribution in [0.1, 0.15) is 58.8 Å². The van der Waals surface area contributed by atoms with Crippen molar-refractivity contribution in [3.63, 3.8) is 0 Å². The molecule has 0 aliphatic heterocycles. The Balaban J connectivity index is 1.92. The van der Waals surface area contributed by atoms with E-state index in [-0.39, 0.29) is 23.3 Å². The van der Waals surface area contributed by atoms with Crippen molar-refractivity contribution in [2.24, 2.45) is 17.1 Å².